The Morgan fingerprint density at radius 1 is 1.08 bits per heavy atom. The van der Waals surface area contributed by atoms with Gasteiger partial charge in [-0.15, -0.1) is 0 Å². The normalized spacial score (nSPS) is 10.0. The van der Waals surface area contributed by atoms with Crippen molar-refractivity contribution in [3.63, 3.8) is 0 Å². The minimum absolute atomic E-state index is 0.287. The molecule has 1 heterocycles. The van der Waals surface area contributed by atoms with Crippen LogP contribution in [0.15, 0.2) is 67.0 Å². The topological polar surface area (TPSA) is 77.8 Å². The highest BCUT2D eigenvalue weighted by atomic mass is 19.1. The van der Waals surface area contributed by atoms with Gasteiger partial charge in [0.25, 0.3) is 5.91 Å². The van der Waals surface area contributed by atoms with Crippen LogP contribution < -0.4 is 10.6 Å². The molecule has 0 saturated carbocycles. The van der Waals surface area contributed by atoms with E-state index in [9.17, 15) is 9.18 Å². The van der Waals surface area contributed by atoms with Crippen molar-refractivity contribution in [2.24, 2.45) is 0 Å². The van der Waals surface area contributed by atoms with E-state index in [1.807, 2.05) is 6.07 Å². The van der Waals surface area contributed by atoms with E-state index in [-0.39, 0.29) is 18.3 Å². The summed E-state index contributed by atoms with van der Waals surface area (Å²) in [7, 11) is 0. The lowest BCUT2D eigenvalue weighted by atomic mass is 10.2. The van der Waals surface area contributed by atoms with Crippen LogP contribution >= 0.6 is 0 Å². The number of carbonyl (C=O) groups excluding carboxylic acids is 1. The maximum Gasteiger partial charge on any atom is 0.257 e. The van der Waals surface area contributed by atoms with Gasteiger partial charge in [-0.25, -0.2) is 4.39 Å². The van der Waals surface area contributed by atoms with E-state index >= 15 is 0 Å². The number of aromatic nitrogens is 1. The molecule has 0 aliphatic rings. The highest BCUT2D eigenvalue weighted by molar-refractivity contribution is 6.04. The van der Waals surface area contributed by atoms with Gasteiger partial charge < -0.3 is 10.6 Å². The number of rotatable bonds is 5. The Balaban J connectivity index is 1.67. The van der Waals surface area contributed by atoms with Crippen LogP contribution in [0.5, 0.6) is 0 Å². The van der Waals surface area contributed by atoms with Gasteiger partial charge in [0.1, 0.15) is 5.82 Å². The summed E-state index contributed by atoms with van der Waals surface area (Å²) in [5.74, 6) is -0.612. The van der Waals surface area contributed by atoms with Gasteiger partial charge in [0.2, 0.25) is 0 Å². The van der Waals surface area contributed by atoms with Crippen molar-refractivity contribution in [2.45, 2.75) is 6.54 Å². The number of carbonyl (C=O) groups is 1. The van der Waals surface area contributed by atoms with Crippen LogP contribution in [0.4, 0.5) is 15.8 Å². The first kappa shape index (κ1) is 17.1. The maximum atomic E-state index is 13.7. The van der Waals surface area contributed by atoms with Gasteiger partial charge in [0, 0.05) is 30.2 Å². The Labute approximate surface area is 150 Å². The molecule has 0 fully saturated rings. The van der Waals surface area contributed by atoms with Gasteiger partial charge in [-0.3, -0.25) is 9.78 Å². The second-order valence-corrected chi connectivity index (χ2v) is 5.55. The van der Waals surface area contributed by atoms with E-state index in [0.717, 1.165) is 0 Å². The minimum Gasteiger partial charge on any atom is -0.380 e. The quantitative estimate of drug-likeness (QED) is 0.733. The molecule has 2 aromatic carbocycles. The summed E-state index contributed by atoms with van der Waals surface area (Å²) in [5.41, 5.74) is 2.61. The molecule has 0 spiro atoms. The number of anilines is 2. The molecule has 3 aromatic rings. The van der Waals surface area contributed by atoms with Crippen LogP contribution in [-0.4, -0.2) is 10.9 Å². The molecule has 0 atom stereocenters. The summed E-state index contributed by atoms with van der Waals surface area (Å²) in [6.07, 6.45) is 3.02. The predicted octanol–water partition coefficient (Wildman–Crippen LogP) is 3.96. The number of benzene rings is 2. The molecule has 0 aliphatic carbocycles. The first-order chi connectivity index (χ1) is 12.7. The van der Waals surface area contributed by atoms with E-state index in [0.29, 0.717) is 28.1 Å². The zero-order chi connectivity index (χ0) is 18.4. The van der Waals surface area contributed by atoms with E-state index in [1.54, 1.807) is 54.7 Å². The molecule has 1 amide bonds. The van der Waals surface area contributed by atoms with Crippen molar-refractivity contribution < 1.29 is 9.18 Å². The van der Waals surface area contributed by atoms with Crippen LogP contribution in [-0.2, 0) is 6.54 Å². The van der Waals surface area contributed by atoms with E-state index in [2.05, 4.69) is 15.6 Å². The molecule has 0 aliphatic heterocycles. The lowest BCUT2D eigenvalue weighted by molar-refractivity contribution is 0.102. The van der Waals surface area contributed by atoms with Crippen molar-refractivity contribution in [3.05, 3.63) is 89.5 Å². The summed E-state index contributed by atoms with van der Waals surface area (Å²) < 4.78 is 13.7. The minimum atomic E-state index is -0.322. The highest BCUT2D eigenvalue weighted by Crippen LogP contribution is 2.15. The fraction of sp³-hybridized carbons (Fsp3) is 0.0500. The fourth-order valence-electron chi connectivity index (χ4n) is 2.33. The van der Waals surface area contributed by atoms with Gasteiger partial charge in [-0.2, -0.15) is 5.26 Å². The summed E-state index contributed by atoms with van der Waals surface area (Å²) in [6.45, 7) is 0.287. The lowest BCUT2D eigenvalue weighted by Crippen LogP contribution is -2.13. The number of amides is 1. The fourth-order valence-corrected chi connectivity index (χ4v) is 2.33. The average Bonchev–Trinajstić information content (AvgIpc) is 2.68. The van der Waals surface area contributed by atoms with E-state index < -0.39 is 0 Å². The second-order valence-electron chi connectivity index (χ2n) is 5.55. The van der Waals surface area contributed by atoms with Crippen molar-refractivity contribution in [3.8, 4) is 6.07 Å². The SMILES string of the molecule is N#Cc1ccc(NC(=O)c2cncc(NCc3ccccc3F)c2)cc1. The van der Waals surface area contributed by atoms with Gasteiger partial charge in [0.05, 0.1) is 22.9 Å². The van der Waals surface area contributed by atoms with Crippen LogP contribution in [0.1, 0.15) is 21.5 Å². The van der Waals surface area contributed by atoms with Crippen molar-refractivity contribution in [1.29, 1.82) is 5.26 Å². The summed E-state index contributed by atoms with van der Waals surface area (Å²) in [5, 5.41) is 14.6. The lowest BCUT2D eigenvalue weighted by Gasteiger charge is -2.09. The van der Waals surface area contributed by atoms with Crippen LogP contribution in [0, 0.1) is 17.1 Å². The Bertz CT molecular complexity index is 964. The number of nitrogens with zero attached hydrogens (tertiary/aromatic N) is 2. The number of halogens is 1. The molecule has 0 radical (unpaired) electrons. The van der Waals surface area contributed by atoms with Gasteiger partial charge in [-0.1, -0.05) is 18.2 Å². The molecule has 128 valence electrons. The van der Waals surface area contributed by atoms with Gasteiger partial charge in [0.15, 0.2) is 0 Å². The largest absolute Gasteiger partial charge is 0.380 e. The van der Waals surface area contributed by atoms with E-state index in [1.165, 1.54) is 12.3 Å². The molecule has 26 heavy (non-hydrogen) atoms. The van der Waals surface area contributed by atoms with Gasteiger partial charge in [-0.05, 0) is 36.4 Å². The Morgan fingerprint density at radius 2 is 1.85 bits per heavy atom. The number of nitriles is 1. The zero-order valence-corrected chi connectivity index (χ0v) is 13.7. The molecule has 0 bridgehead atoms. The van der Waals surface area contributed by atoms with Crippen LogP contribution in [0.3, 0.4) is 0 Å². The molecule has 6 heteroatoms. The van der Waals surface area contributed by atoms with Crippen LogP contribution in [0.2, 0.25) is 0 Å². The van der Waals surface area contributed by atoms with Crippen molar-refractivity contribution >= 4 is 17.3 Å². The monoisotopic (exact) mass is 346 g/mol. The van der Waals surface area contributed by atoms with Gasteiger partial charge >= 0.3 is 0 Å². The van der Waals surface area contributed by atoms with Crippen LogP contribution in [0.25, 0.3) is 0 Å². The maximum absolute atomic E-state index is 13.7. The summed E-state index contributed by atoms with van der Waals surface area (Å²) in [4.78, 5) is 16.4. The first-order valence-electron chi connectivity index (χ1n) is 7.89. The Morgan fingerprint density at radius 3 is 2.58 bits per heavy atom. The van der Waals surface area contributed by atoms with E-state index in [4.69, 9.17) is 5.26 Å². The molecule has 2 N–H and O–H groups in total. The second kappa shape index (κ2) is 7.90. The van der Waals surface area contributed by atoms with Crippen molar-refractivity contribution in [1.82, 2.24) is 4.98 Å². The molecule has 1 aromatic heterocycles. The molecule has 3 rings (SSSR count). The third-order valence-corrected chi connectivity index (χ3v) is 3.71. The van der Waals surface area contributed by atoms with Crippen molar-refractivity contribution in [2.75, 3.05) is 10.6 Å². The third-order valence-electron chi connectivity index (χ3n) is 3.71. The predicted molar refractivity (Wildman–Crippen MR) is 97.1 cm³/mol. The standard InChI is InChI=1S/C20H15FN4O/c21-19-4-2-1-3-15(19)12-24-18-9-16(11-23-13-18)20(26)25-17-7-5-14(10-22)6-8-17/h1-9,11,13,24H,12H2,(H,25,26). The Kier molecular flexibility index (Phi) is 5.20. The smallest absolute Gasteiger partial charge is 0.257 e. The first-order valence-corrected chi connectivity index (χ1v) is 7.89. The zero-order valence-electron chi connectivity index (χ0n) is 13.7. The summed E-state index contributed by atoms with van der Waals surface area (Å²) in [6, 6.07) is 16.7. The molecule has 0 saturated heterocycles. The number of hydrogen-bond donors (Lipinski definition) is 2. The Hall–Kier alpha value is -3.72. The summed E-state index contributed by atoms with van der Waals surface area (Å²) >= 11 is 0. The number of nitrogens with one attached hydrogen (secondary N) is 2. The average molecular weight is 346 g/mol. The third kappa shape index (κ3) is 4.22. The highest BCUT2D eigenvalue weighted by Gasteiger charge is 2.08. The molecular weight excluding hydrogens is 331 g/mol. The molecule has 5 nitrogen and oxygen atoms in total. The molecular formula is C20H15FN4O. The number of pyridine rings is 1. The number of hydrogen-bond acceptors (Lipinski definition) is 4. The molecule has 0 unspecified atom stereocenters.